The first kappa shape index (κ1) is 24.2. The van der Waals surface area contributed by atoms with Gasteiger partial charge in [0.1, 0.15) is 5.75 Å². The van der Waals surface area contributed by atoms with E-state index in [1.54, 1.807) is 7.11 Å². The van der Waals surface area contributed by atoms with Crippen LogP contribution in [0.2, 0.25) is 0 Å². The average Bonchev–Trinajstić information content (AvgIpc) is 3.35. The Bertz CT molecular complexity index is 967. The molecule has 0 spiro atoms. The van der Waals surface area contributed by atoms with E-state index in [1.807, 2.05) is 12.1 Å². The van der Waals surface area contributed by atoms with E-state index in [0.717, 1.165) is 75.7 Å². The number of carbonyl (C=O) groups excluding carboxylic acids is 1. The fourth-order valence-corrected chi connectivity index (χ4v) is 4.40. The molecule has 0 saturated carbocycles. The monoisotopic (exact) mass is 468 g/mol. The Kier molecular flexibility index (Phi) is 8.54. The third kappa shape index (κ3) is 6.57. The van der Waals surface area contributed by atoms with Gasteiger partial charge in [0.2, 0.25) is 11.8 Å². The minimum Gasteiger partial charge on any atom is -0.495 e. The molecule has 0 aliphatic carbocycles. The molecule has 1 saturated heterocycles. The molecule has 3 heterocycles. The molecule has 2 aliphatic heterocycles. The number of likely N-dealkylation sites (N-methyl/N-ethyl adjacent to an activating group) is 1. The van der Waals surface area contributed by atoms with Crippen molar-refractivity contribution in [1.29, 1.82) is 0 Å². The van der Waals surface area contributed by atoms with Crippen LogP contribution in [-0.4, -0.2) is 92.4 Å². The molecule has 0 atom stereocenters. The summed E-state index contributed by atoms with van der Waals surface area (Å²) in [6, 6.07) is 8.18. The molecule has 184 valence electrons. The highest BCUT2D eigenvalue weighted by atomic mass is 16.5. The summed E-state index contributed by atoms with van der Waals surface area (Å²) in [6.45, 7) is 7.54. The van der Waals surface area contributed by atoms with Gasteiger partial charge >= 0.3 is 0 Å². The second-order valence-corrected chi connectivity index (χ2v) is 8.96. The van der Waals surface area contributed by atoms with Gasteiger partial charge in [-0.3, -0.25) is 9.69 Å². The minimum atomic E-state index is 0.0271. The maximum absolute atomic E-state index is 12.2. The van der Waals surface area contributed by atoms with Crippen molar-refractivity contribution in [3.63, 3.8) is 0 Å². The Hall–Kier alpha value is -2.91. The van der Waals surface area contributed by atoms with E-state index < -0.39 is 0 Å². The molecule has 1 amide bonds. The van der Waals surface area contributed by atoms with Crippen LogP contribution in [0.4, 0.5) is 5.69 Å². The van der Waals surface area contributed by atoms with Gasteiger partial charge in [0, 0.05) is 58.7 Å². The zero-order chi connectivity index (χ0) is 23.8. The molecule has 1 aromatic heterocycles. The number of amides is 1. The quantitative estimate of drug-likeness (QED) is 0.531. The standard InChI is InChI=1S/C25H36N6O3/c1-29-14-10-20(11-15-29)25-27-24(34-28-25)9-8-23(32)26-12-5-13-30-16-18-31(19-17-30)21-6-3-4-7-22(21)33-2/h3-4,6-7,10H,5,8-9,11-19H2,1-2H3,(H,26,32). The lowest BCUT2D eigenvalue weighted by molar-refractivity contribution is -0.121. The largest absolute Gasteiger partial charge is 0.495 e. The van der Waals surface area contributed by atoms with Crippen LogP contribution in [0, 0.1) is 0 Å². The van der Waals surface area contributed by atoms with Crippen LogP contribution in [0.3, 0.4) is 0 Å². The van der Waals surface area contributed by atoms with Gasteiger partial charge < -0.3 is 24.4 Å². The number of para-hydroxylation sites is 2. The predicted octanol–water partition coefficient (Wildman–Crippen LogP) is 2.06. The lowest BCUT2D eigenvalue weighted by Gasteiger charge is -2.36. The van der Waals surface area contributed by atoms with Gasteiger partial charge in [-0.05, 0) is 44.1 Å². The van der Waals surface area contributed by atoms with E-state index in [0.29, 0.717) is 31.1 Å². The molecule has 2 aromatic rings. The van der Waals surface area contributed by atoms with E-state index in [9.17, 15) is 4.79 Å². The van der Waals surface area contributed by atoms with Crippen LogP contribution in [-0.2, 0) is 11.2 Å². The molecule has 1 N–H and O–H groups in total. The summed E-state index contributed by atoms with van der Waals surface area (Å²) < 4.78 is 10.8. The number of methoxy groups -OCH3 is 1. The maximum Gasteiger partial charge on any atom is 0.227 e. The van der Waals surface area contributed by atoms with Crippen molar-refractivity contribution in [2.24, 2.45) is 0 Å². The third-order valence-electron chi connectivity index (χ3n) is 6.50. The summed E-state index contributed by atoms with van der Waals surface area (Å²) in [6.07, 6.45) is 4.83. The highest BCUT2D eigenvalue weighted by Gasteiger charge is 2.19. The van der Waals surface area contributed by atoms with Crippen LogP contribution in [0.5, 0.6) is 5.75 Å². The normalized spacial score (nSPS) is 17.5. The molecule has 9 heteroatoms. The Balaban J connectivity index is 1.10. The number of nitrogens with one attached hydrogen (secondary N) is 1. The SMILES string of the molecule is COc1ccccc1N1CCN(CCCNC(=O)CCc2nc(C3=CCN(C)CC3)no2)CC1. The topological polar surface area (TPSA) is 87.0 Å². The van der Waals surface area contributed by atoms with E-state index in [-0.39, 0.29) is 5.91 Å². The Morgan fingerprint density at radius 3 is 2.76 bits per heavy atom. The third-order valence-corrected chi connectivity index (χ3v) is 6.50. The first-order valence-electron chi connectivity index (χ1n) is 12.2. The van der Waals surface area contributed by atoms with Gasteiger partial charge in [0.05, 0.1) is 12.8 Å². The summed E-state index contributed by atoms with van der Waals surface area (Å²) in [4.78, 5) is 23.8. The van der Waals surface area contributed by atoms with Crippen molar-refractivity contribution in [1.82, 2.24) is 25.3 Å². The zero-order valence-corrected chi connectivity index (χ0v) is 20.3. The summed E-state index contributed by atoms with van der Waals surface area (Å²) >= 11 is 0. The molecule has 4 rings (SSSR count). The maximum atomic E-state index is 12.2. The summed E-state index contributed by atoms with van der Waals surface area (Å²) in [5, 5.41) is 7.10. The molecular weight excluding hydrogens is 432 g/mol. The first-order chi connectivity index (χ1) is 16.6. The number of carbonyl (C=O) groups is 1. The Morgan fingerprint density at radius 1 is 1.18 bits per heavy atom. The van der Waals surface area contributed by atoms with Crippen LogP contribution >= 0.6 is 0 Å². The number of ether oxygens (including phenoxy) is 1. The predicted molar refractivity (Wildman–Crippen MR) is 132 cm³/mol. The molecular formula is C25H36N6O3. The zero-order valence-electron chi connectivity index (χ0n) is 20.3. The van der Waals surface area contributed by atoms with Crippen molar-refractivity contribution in [3.05, 3.63) is 42.1 Å². The fourth-order valence-electron chi connectivity index (χ4n) is 4.40. The number of piperazine rings is 1. The lowest BCUT2D eigenvalue weighted by atomic mass is 10.1. The molecule has 0 unspecified atom stereocenters. The van der Waals surface area contributed by atoms with Crippen LogP contribution in [0.15, 0.2) is 34.9 Å². The van der Waals surface area contributed by atoms with Gasteiger partial charge in [-0.1, -0.05) is 23.4 Å². The fraction of sp³-hybridized carbons (Fsp3) is 0.560. The van der Waals surface area contributed by atoms with Crippen molar-refractivity contribution in [2.45, 2.75) is 25.7 Å². The Morgan fingerprint density at radius 2 is 2.00 bits per heavy atom. The number of hydrogen-bond acceptors (Lipinski definition) is 8. The summed E-state index contributed by atoms with van der Waals surface area (Å²) in [5.41, 5.74) is 2.29. The van der Waals surface area contributed by atoms with E-state index in [4.69, 9.17) is 9.26 Å². The number of benzene rings is 1. The molecule has 34 heavy (non-hydrogen) atoms. The number of aryl methyl sites for hydroxylation is 1. The van der Waals surface area contributed by atoms with Crippen LogP contribution in [0.25, 0.3) is 5.57 Å². The average molecular weight is 469 g/mol. The van der Waals surface area contributed by atoms with E-state index >= 15 is 0 Å². The first-order valence-corrected chi connectivity index (χ1v) is 12.2. The molecule has 1 fully saturated rings. The van der Waals surface area contributed by atoms with Crippen molar-refractivity contribution < 1.29 is 14.1 Å². The van der Waals surface area contributed by atoms with E-state index in [2.05, 4.69) is 55.4 Å². The molecule has 9 nitrogen and oxygen atoms in total. The van der Waals surface area contributed by atoms with Gasteiger partial charge in [-0.25, -0.2) is 0 Å². The van der Waals surface area contributed by atoms with Gasteiger partial charge in [-0.15, -0.1) is 0 Å². The van der Waals surface area contributed by atoms with Crippen molar-refractivity contribution >= 4 is 17.2 Å². The van der Waals surface area contributed by atoms with E-state index in [1.165, 1.54) is 0 Å². The van der Waals surface area contributed by atoms with Crippen molar-refractivity contribution in [2.75, 3.05) is 71.4 Å². The highest BCUT2D eigenvalue weighted by Crippen LogP contribution is 2.28. The van der Waals surface area contributed by atoms with Crippen LogP contribution < -0.4 is 15.0 Å². The number of rotatable bonds is 10. The van der Waals surface area contributed by atoms with Gasteiger partial charge in [0.15, 0.2) is 5.82 Å². The molecule has 0 radical (unpaired) electrons. The second kappa shape index (κ2) is 12.0. The summed E-state index contributed by atoms with van der Waals surface area (Å²) in [5.74, 6) is 2.14. The second-order valence-electron chi connectivity index (χ2n) is 8.96. The molecule has 1 aromatic carbocycles. The Labute approximate surface area is 201 Å². The minimum absolute atomic E-state index is 0.0271. The lowest BCUT2D eigenvalue weighted by Crippen LogP contribution is -2.47. The molecule has 0 bridgehead atoms. The highest BCUT2D eigenvalue weighted by molar-refractivity contribution is 5.76. The smallest absolute Gasteiger partial charge is 0.227 e. The number of nitrogens with zero attached hydrogens (tertiary/aromatic N) is 5. The molecule has 2 aliphatic rings. The van der Waals surface area contributed by atoms with Crippen LogP contribution in [0.1, 0.15) is 31.0 Å². The van der Waals surface area contributed by atoms with Crippen molar-refractivity contribution in [3.8, 4) is 5.75 Å². The number of aromatic nitrogens is 2. The number of anilines is 1. The van der Waals surface area contributed by atoms with Gasteiger partial charge in [0.25, 0.3) is 0 Å². The van der Waals surface area contributed by atoms with Gasteiger partial charge in [-0.2, -0.15) is 4.98 Å². The number of hydrogen-bond donors (Lipinski definition) is 1. The summed E-state index contributed by atoms with van der Waals surface area (Å²) in [7, 11) is 3.81.